The Balaban J connectivity index is 1.30. The molecule has 2 aliphatic rings. The fraction of sp³-hybridized carbons (Fsp3) is 0.261. The number of carbonyl (C=O) groups excluding carboxylic acids is 1. The van der Waals surface area contributed by atoms with E-state index in [9.17, 15) is 4.79 Å². The predicted molar refractivity (Wildman–Crippen MR) is 104 cm³/mol. The molecule has 1 atom stereocenters. The molecule has 3 aromatic rings. The van der Waals surface area contributed by atoms with Crippen molar-refractivity contribution >= 4 is 5.91 Å². The summed E-state index contributed by atoms with van der Waals surface area (Å²) in [5.41, 5.74) is 5.80. The molecule has 0 fully saturated rings. The Bertz CT molecular complexity index is 1000. The fourth-order valence-corrected chi connectivity index (χ4v) is 4.25. The highest BCUT2D eigenvalue weighted by Crippen LogP contribution is 2.36. The maximum Gasteiger partial charge on any atom is 0.223 e. The highest BCUT2D eigenvalue weighted by molar-refractivity contribution is 5.78. The van der Waals surface area contributed by atoms with E-state index in [1.165, 1.54) is 11.1 Å². The summed E-state index contributed by atoms with van der Waals surface area (Å²) in [6, 6.07) is 18.5. The van der Waals surface area contributed by atoms with E-state index < -0.39 is 0 Å². The van der Waals surface area contributed by atoms with Gasteiger partial charge in [0, 0.05) is 30.3 Å². The molecule has 0 saturated carbocycles. The molecule has 1 aliphatic heterocycles. The number of hydrogen-bond donors (Lipinski definition) is 0. The molecule has 4 nitrogen and oxygen atoms in total. The molecule has 4 heteroatoms. The molecule has 27 heavy (non-hydrogen) atoms. The lowest BCUT2D eigenvalue weighted by atomic mass is 9.97. The normalized spacial score (nSPS) is 17.6. The molecule has 2 heterocycles. The van der Waals surface area contributed by atoms with E-state index in [1.807, 2.05) is 41.4 Å². The quantitative estimate of drug-likeness (QED) is 0.710. The molecular formula is C23H21N3O. The van der Waals surface area contributed by atoms with Crippen LogP contribution in [0.3, 0.4) is 0 Å². The van der Waals surface area contributed by atoms with Crippen molar-refractivity contribution in [2.45, 2.75) is 38.3 Å². The topological polar surface area (TPSA) is 46.1 Å². The average molecular weight is 355 g/mol. The molecule has 2 aromatic carbocycles. The van der Waals surface area contributed by atoms with E-state index >= 15 is 0 Å². The van der Waals surface area contributed by atoms with Crippen LogP contribution < -0.4 is 0 Å². The van der Waals surface area contributed by atoms with Crippen molar-refractivity contribution in [3.05, 3.63) is 83.2 Å². The van der Waals surface area contributed by atoms with Crippen molar-refractivity contribution in [2.24, 2.45) is 0 Å². The number of carbonyl (C=O) groups is 1. The number of nitrogens with zero attached hydrogens (tertiary/aromatic N) is 3. The third-order valence-electron chi connectivity index (χ3n) is 5.72. The number of benzene rings is 2. The van der Waals surface area contributed by atoms with Gasteiger partial charge in [-0.25, -0.2) is 9.97 Å². The summed E-state index contributed by atoms with van der Waals surface area (Å²) in [4.78, 5) is 24.1. The zero-order valence-electron chi connectivity index (χ0n) is 15.1. The van der Waals surface area contributed by atoms with Crippen LogP contribution in [0.1, 0.15) is 41.1 Å². The number of amides is 1. The monoisotopic (exact) mass is 355 g/mol. The first-order valence-corrected chi connectivity index (χ1v) is 9.54. The van der Waals surface area contributed by atoms with Crippen LogP contribution in [0, 0.1) is 0 Å². The summed E-state index contributed by atoms with van der Waals surface area (Å²) in [6.07, 6.45) is 4.62. The minimum Gasteiger partial charge on any atom is -0.332 e. The van der Waals surface area contributed by atoms with Crippen LogP contribution in [-0.4, -0.2) is 20.8 Å². The molecule has 0 bridgehead atoms. The van der Waals surface area contributed by atoms with Gasteiger partial charge in [-0.15, -0.1) is 0 Å². The first kappa shape index (κ1) is 16.2. The van der Waals surface area contributed by atoms with Gasteiger partial charge in [0.25, 0.3) is 0 Å². The van der Waals surface area contributed by atoms with Gasteiger partial charge in [-0.05, 0) is 29.9 Å². The van der Waals surface area contributed by atoms with Gasteiger partial charge in [-0.2, -0.15) is 0 Å². The molecule has 5 rings (SSSR count). The summed E-state index contributed by atoms with van der Waals surface area (Å²) < 4.78 is 0. The van der Waals surface area contributed by atoms with E-state index in [0.29, 0.717) is 25.4 Å². The summed E-state index contributed by atoms with van der Waals surface area (Å²) >= 11 is 0. The van der Waals surface area contributed by atoms with Crippen molar-refractivity contribution < 1.29 is 4.79 Å². The largest absolute Gasteiger partial charge is 0.332 e. The summed E-state index contributed by atoms with van der Waals surface area (Å²) in [6.45, 7) is 1.21. The molecule has 134 valence electrons. The molecule has 0 spiro atoms. The van der Waals surface area contributed by atoms with Gasteiger partial charge in [-0.1, -0.05) is 54.6 Å². The Morgan fingerprint density at radius 2 is 1.81 bits per heavy atom. The van der Waals surface area contributed by atoms with Gasteiger partial charge in [0.05, 0.1) is 12.2 Å². The van der Waals surface area contributed by atoms with Gasteiger partial charge in [0.1, 0.15) is 0 Å². The van der Waals surface area contributed by atoms with Gasteiger partial charge in [0.2, 0.25) is 5.91 Å². The first-order chi connectivity index (χ1) is 13.3. The lowest BCUT2D eigenvalue weighted by Crippen LogP contribution is -2.26. The lowest BCUT2D eigenvalue weighted by molar-refractivity contribution is -0.132. The van der Waals surface area contributed by atoms with Crippen LogP contribution in [0.5, 0.6) is 0 Å². The summed E-state index contributed by atoms with van der Waals surface area (Å²) in [5.74, 6) is 1.30. The predicted octanol–water partition coefficient (Wildman–Crippen LogP) is 4.11. The van der Waals surface area contributed by atoms with Crippen molar-refractivity contribution in [1.29, 1.82) is 0 Å². The third kappa shape index (κ3) is 3.01. The van der Waals surface area contributed by atoms with Crippen LogP contribution in [0.2, 0.25) is 0 Å². The Morgan fingerprint density at radius 3 is 2.70 bits per heavy atom. The van der Waals surface area contributed by atoms with E-state index in [-0.39, 0.29) is 5.91 Å². The van der Waals surface area contributed by atoms with Crippen LogP contribution in [0.4, 0.5) is 0 Å². The molecule has 1 aliphatic carbocycles. The second kappa shape index (κ2) is 6.62. The minimum absolute atomic E-state index is 0.218. The Hall–Kier alpha value is -3.01. The molecule has 1 amide bonds. The minimum atomic E-state index is 0.218. The Kier molecular flexibility index (Phi) is 3.97. The smallest absolute Gasteiger partial charge is 0.223 e. The summed E-state index contributed by atoms with van der Waals surface area (Å²) in [5, 5.41) is 0. The van der Waals surface area contributed by atoms with E-state index in [4.69, 9.17) is 4.98 Å². The van der Waals surface area contributed by atoms with Gasteiger partial charge in [-0.3, -0.25) is 4.79 Å². The molecule has 0 radical (unpaired) electrons. The second-order valence-electron chi connectivity index (χ2n) is 7.42. The number of fused-ring (bicyclic) bond motifs is 2. The van der Waals surface area contributed by atoms with Crippen molar-refractivity contribution in [3.8, 4) is 11.4 Å². The fourth-order valence-electron chi connectivity index (χ4n) is 4.25. The van der Waals surface area contributed by atoms with Gasteiger partial charge in [0.15, 0.2) is 5.82 Å². The van der Waals surface area contributed by atoms with Crippen LogP contribution >= 0.6 is 0 Å². The van der Waals surface area contributed by atoms with Gasteiger partial charge >= 0.3 is 0 Å². The first-order valence-electron chi connectivity index (χ1n) is 9.54. The molecule has 0 N–H and O–H groups in total. The molecular weight excluding hydrogens is 334 g/mol. The van der Waals surface area contributed by atoms with Crippen LogP contribution in [0.15, 0.2) is 60.8 Å². The highest BCUT2D eigenvalue weighted by Gasteiger charge is 2.30. The third-order valence-corrected chi connectivity index (χ3v) is 5.72. The number of rotatable bonds is 3. The van der Waals surface area contributed by atoms with Crippen molar-refractivity contribution in [2.75, 3.05) is 0 Å². The second-order valence-corrected chi connectivity index (χ2v) is 7.42. The Morgan fingerprint density at radius 1 is 1.00 bits per heavy atom. The zero-order chi connectivity index (χ0) is 18.2. The maximum atomic E-state index is 12.9. The Labute approximate surface area is 158 Å². The highest BCUT2D eigenvalue weighted by atomic mass is 16.2. The molecule has 1 aromatic heterocycles. The van der Waals surface area contributed by atoms with Gasteiger partial charge < -0.3 is 4.90 Å². The van der Waals surface area contributed by atoms with Crippen LogP contribution in [0.25, 0.3) is 11.4 Å². The van der Waals surface area contributed by atoms with E-state index in [1.54, 1.807) is 0 Å². The molecule has 0 saturated heterocycles. The van der Waals surface area contributed by atoms with Crippen molar-refractivity contribution in [3.63, 3.8) is 0 Å². The van der Waals surface area contributed by atoms with Crippen LogP contribution in [-0.2, 0) is 24.3 Å². The standard InChI is InChI=1S/C23H21N3O/c27-22(12-18-11-10-16-6-4-5-9-20(16)18)26-14-19-13-24-23(25-21(19)15-26)17-7-2-1-3-8-17/h1-9,13,18H,10-12,14-15H2/t18-/m1/s1. The number of aryl methyl sites for hydroxylation is 1. The lowest BCUT2D eigenvalue weighted by Gasteiger charge is -2.18. The van der Waals surface area contributed by atoms with E-state index in [0.717, 1.165) is 35.5 Å². The maximum absolute atomic E-state index is 12.9. The molecule has 0 unspecified atom stereocenters. The van der Waals surface area contributed by atoms with E-state index in [2.05, 4.69) is 29.2 Å². The SMILES string of the molecule is O=C(C[C@H]1CCc2ccccc21)N1Cc2cnc(-c3ccccc3)nc2C1. The van der Waals surface area contributed by atoms with Crippen molar-refractivity contribution in [1.82, 2.24) is 14.9 Å². The number of hydrogen-bond acceptors (Lipinski definition) is 3. The number of aromatic nitrogens is 2. The average Bonchev–Trinajstić information content (AvgIpc) is 3.32. The zero-order valence-corrected chi connectivity index (χ0v) is 15.1. The summed E-state index contributed by atoms with van der Waals surface area (Å²) in [7, 11) is 0.